The number of aromatic amines is 1. The van der Waals surface area contributed by atoms with Crippen molar-refractivity contribution in [3.8, 4) is 22.7 Å². The number of amides is 1. The molecule has 156 valence electrons. The highest BCUT2D eigenvalue weighted by Gasteiger charge is 2.28. The van der Waals surface area contributed by atoms with Crippen LogP contribution in [0.3, 0.4) is 0 Å². The van der Waals surface area contributed by atoms with E-state index in [4.69, 9.17) is 4.74 Å². The van der Waals surface area contributed by atoms with E-state index in [9.17, 15) is 9.59 Å². The van der Waals surface area contributed by atoms with Crippen molar-refractivity contribution in [3.05, 3.63) is 58.5 Å². The molecule has 30 heavy (non-hydrogen) atoms. The third-order valence-electron chi connectivity index (χ3n) is 5.51. The summed E-state index contributed by atoms with van der Waals surface area (Å²) in [5.41, 5.74) is 2.79. The summed E-state index contributed by atoms with van der Waals surface area (Å²) in [6.07, 6.45) is 5.62. The number of anilines is 1. The molecule has 7 heteroatoms. The monoisotopic (exact) mass is 406 g/mol. The molecule has 2 aromatic heterocycles. The Morgan fingerprint density at radius 3 is 2.73 bits per heavy atom. The van der Waals surface area contributed by atoms with Gasteiger partial charge >= 0.3 is 0 Å². The van der Waals surface area contributed by atoms with E-state index < -0.39 is 0 Å². The van der Waals surface area contributed by atoms with Crippen molar-refractivity contribution in [1.82, 2.24) is 14.8 Å². The summed E-state index contributed by atoms with van der Waals surface area (Å²) in [6, 6.07) is 11.1. The molecule has 1 aliphatic rings. The average Bonchev–Trinajstić information content (AvgIpc) is 3.00. The van der Waals surface area contributed by atoms with E-state index >= 15 is 0 Å². The number of H-pyrrole nitrogens is 1. The fourth-order valence-electron chi connectivity index (χ4n) is 3.88. The summed E-state index contributed by atoms with van der Waals surface area (Å²) in [7, 11) is 1.61. The van der Waals surface area contributed by atoms with Crippen LogP contribution in [0.2, 0.25) is 0 Å². The van der Waals surface area contributed by atoms with Crippen molar-refractivity contribution >= 4 is 11.7 Å². The van der Waals surface area contributed by atoms with E-state index in [0.717, 1.165) is 42.0 Å². The predicted octanol–water partition coefficient (Wildman–Crippen LogP) is 3.71. The Hall–Kier alpha value is -3.35. The van der Waals surface area contributed by atoms with E-state index in [2.05, 4.69) is 17.0 Å². The lowest BCUT2D eigenvalue weighted by atomic mass is 10.1. The molecule has 1 aromatic carbocycles. The minimum atomic E-state index is -0.106. The van der Waals surface area contributed by atoms with E-state index in [1.807, 2.05) is 36.4 Å². The van der Waals surface area contributed by atoms with Gasteiger partial charge in [0, 0.05) is 30.3 Å². The number of pyridine rings is 1. The molecule has 4 rings (SSSR count). The van der Waals surface area contributed by atoms with Crippen LogP contribution in [0.4, 0.5) is 5.82 Å². The van der Waals surface area contributed by atoms with Crippen LogP contribution in [0.1, 0.15) is 38.2 Å². The Bertz CT molecular complexity index is 1100. The molecule has 3 aromatic rings. The highest BCUT2D eigenvalue weighted by atomic mass is 16.5. The minimum Gasteiger partial charge on any atom is -0.497 e. The van der Waals surface area contributed by atoms with Gasteiger partial charge in [0.15, 0.2) is 0 Å². The maximum Gasteiger partial charge on any atom is 0.275 e. The van der Waals surface area contributed by atoms with Crippen molar-refractivity contribution in [2.75, 3.05) is 18.6 Å². The minimum absolute atomic E-state index is 0.0593. The summed E-state index contributed by atoms with van der Waals surface area (Å²) >= 11 is 0. The molecule has 7 nitrogen and oxygen atoms in total. The van der Waals surface area contributed by atoms with Crippen LogP contribution in [-0.4, -0.2) is 34.3 Å². The Labute approximate surface area is 175 Å². The number of carbonyl (C=O) groups is 1. The van der Waals surface area contributed by atoms with Gasteiger partial charge in [-0.2, -0.15) is 0 Å². The number of carbonyl (C=O) groups excluding carboxylic acids is 1. The van der Waals surface area contributed by atoms with Gasteiger partial charge in [-0.25, -0.2) is 9.67 Å². The number of aromatic nitrogens is 3. The van der Waals surface area contributed by atoms with Crippen molar-refractivity contribution in [2.45, 2.75) is 39.0 Å². The Kier molecular flexibility index (Phi) is 5.70. The lowest BCUT2D eigenvalue weighted by Gasteiger charge is -2.21. The highest BCUT2D eigenvalue weighted by molar-refractivity contribution is 5.97. The molecule has 0 fully saturated rings. The van der Waals surface area contributed by atoms with Crippen molar-refractivity contribution in [1.29, 1.82) is 0 Å². The molecule has 0 aliphatic carbocycles. The van der Waals surface area contributed by atoms with Gasteiger partial charge in [0.25, 0.3) is 5.56 Å². The fourth-order valence-corrected chi connectivity index (χ4v) is 3.88. The third kappa shape index (κ3) is 3.63. The lowest BCUT2D eigenvalue weighted by molar-refractivity contribution is -0.118. The third-order valence-corrected chi connectivity index (χ3v) is 5.51. The first-order valence-corrected chi connectivity index (χ1v) is 10.4. The number of benzene rings is 1. The smallest absolute Gasteiger partial charge is 0.275 e. The van der Waals surface area contributed by atoms with Gasteiger partial charge in [-0.05, 0) is 49.2 Å². The second-order valence-corrected chi connectivity index (χ2v) is 7.43. The zero-order chi connectivity index (χ0) is 21.1. The van der Waals surface area contributed by atoms with E-state index in [1.165, 1.54) is 0 Å². The summed E-state index contributed by atoms with van der Waals surface area (Å²) in [6.45, 7) is 2.56. The maximum atomic E-state index is 13.2. The summed E-state index contributed by atoms with van der Waals surface area (Å²) < 4.78 is 6.75. The van der Waals surface area contributed by atoms with Crippen molar-refractivity contribution < 1.29 is 9.53 Å². The molecule has 0 unspecified atom stereocenters. The summed E-state index contributed by atoms with van der Waals surface area (Å²) in [5.74, 6) is 1.40. The Balaban J connectivity index is 1.73. The van der Waals surface area contributed by atoms with Gasteiger partial charge < -0.3 is 4.74 Å². The van der Waals surface area contributed by atoms with Crippen molar-refractivity contribution in [2.24, 2.45) is 0 Å². The molecule has 1 N–H and O–H groups in total. The van der Waals surface area contributed by atoms with Gasteiger partial charge in [0.2, 0.25) is 5.91 Å². The largest absolute Gasteiger partial charge is 0.497 e. The number of nitrogens with zero attached hydrogens (tertiary/aromatic N) is 3. The molecule has 0 saturated carbocycles. The van der Waals surface area contributed by atoms with E-state index in [0.29, 0.717) is 30.8 Å². The first-order chi connectivity index (χ1) is 14.6. The maximum absolute atomic E-state index is 13.2. The molecule has 3 heterocycles. The van der Waals surface area contributed by atoms with Crippen molar-refractivity contribution in [3.63, 3.8) is 0 Å². The number of ether oxygens (including phenoxy) is 1. The standard InChI is InChI=1S/C23H26N4O3/c1-3-4-5-8-20(28)26-15-13-19-21(18-7-6-14-24-22(18)26)25-27(23(19)29)16-9-11-17(30-2)12-10-16/h6-7,9-12,14,25H,3-5,8,13,15H2,1-2H3. The van der Waals surface area contributed by atoms with Gasteiger partial charge in [0.1, 0.15) is 11.6 Å². The quantitative estimate of drug-likeness (QED) is 0.633. The number of hydrogen-bond donors (Lipinski definition) is 1. The second-order valence-electron chi connectivity index (χ2n) is 7.43. The zero-order valence-corrected chi connectivity index (χ0v) is 17.4. The molecule has 1 amide bonds. The Morgan fingerprint density at radius 1 is 1.20 bits per heavy atom. The molecule has 1 aliphatic heterocycles. The van der Waals surface area contributed by atoms with Crippen LogP contribution < -0.4 is 15.2 Å². The van der Waals surface area contributed by atoms with Crippen LogP contribution in [0.25, 0.3) is 16.9 Å². The molecular formula is C23H26N4O3. The normalized spacial score (nSPS) is 12.8. The fraction of sp³-hybridized carbons (Fsp3) is 0.348. The van der Waals surface area contributed by atoms with Gasteiger partial charge in [-0.1, -0.05) is 19.8 Å². The lowest BCUT2D eigenvalue weighted by Crippen LogP contribution is -2.33. The van der Waals surface area contributed by atoms with Crippen LogP contribution in [0.5, 0.6) is 5.75 Å². The highest BCUT2D eigenvalue weighted by Crippen LogP contribution is 2.33. The summed E-state index contributed by atoms with van der Waals surface area (Å²) in [4.78, 5) is 32.3. The SMILES string of the molecule is CCCCCC(=O)N1CCc2c([nH]n(-c3ccc(OC)cc3)c2=O)-c2cccnc21. The van der Waals surface area contributed by atoms with E-state index in [1.54, 1.807) is 22.9 Å². The van der Waals surface area contributed by atoms with Crippen LogP contribution in [0, 0.1) is 0 Å². The first kappa shape index (κ1) is 19.9. The summed E-state index contributed by atoms with van der Waals surface area (Å²) in [5, 5.41) is 3.25. The predicted molar refractivity (Wildman–Crippen MR) is 116 cm³/mol. The molecular weight excluding hydrogens is 380 g/mol. The molecule has 0 radical (unpaired) electrons. The van der Waals surface area contributed by atoms with Crippen LogP contribution >= 0.6 is 0 Å². The average molecular weight is 406 g/mol. The molecule has 0 atom stereocenters. The number of methoxy groups -OCH3 is 1. The van der Waals surface area contributed by atoms with Crippen LogP contribution in [-0.2, 0) is 11.2 Å². The second kappa shape index (κ2) is 8.57. The number of rotatable bonds is 6. The number of fused-ring (bicyclic) bond motifs is 3. The number of unbranched alkanes of at least 4 members (excludes halogenated alkanes) is 2. The number of hydrogen-bond acceptors (Lipinski definition) is 4. The topological polar surface area (TPSA) is 80.2 Å². The zero-order valence-electron chi connectivity index (χ0n) is 17.4. The molecule has 0 saturated heterocycles. The van der Waals surface area contributed by atoms with E-state index in [-0.39, 0.29) is 11.5 Å². The first-order valence-electron chi connectivity index (χ1n) is 10.4. The molecule has 0 bridgehead atoms. The van der Waals surface area contributed by atoms with Gasteiger partial charge in [-0.3, -0.25) is 19.6 Å². The Morgan fingerprint density at radius 2 is 2.00 bits per heavy atom. The van der Waals surface area contributed by atoms with Gasteiger partial charge in [0.05, 0.1) is 18.5 Å². The van der Waals surface area contributed by atoms with Gasteiger partial charge in [-0.15, -0.1) is 0 Å². The number of nitrogens with one attached hydrogen (secondary N) is 1. The molecule has 0 spiro atoms. The van der Waals surface area contributed by atoms with Crippen LogP contribution in [0.15, 0.2) is 47.4 Å².